The van der Waals surface area contributed by atoms with Crippen molar-refractivity contribution in [2.75, 3.05) is 11.6 Å². The summed E-state index contributed by atoms with van der Waals surface area (Å²) in [5.74, 6) is 5.12. The van der Waals surface area contributed by atoms with Gasteiger partial charge in [-0.25, -0.2) is 9.66 Å². The molecular formula is C7H7N5O2S2. The second kappa shape index (κ2) is 4.49. The molecule has 2 heterocycles. The molecule has 3 N–H and O–H groups in total. The van der Waals surface area contributed by atoms with Crippen molar-refractivity contribution in [2.45, 2.75) is 5.16 Å². The average Bonchev–Trinajstić information content (AvgIpc) is 2.84. The fourth-order valence-electron chi connectivity index (χ4n) is 0.999. The van der Waals surface area contributed by atoms with Crippen LogP contribution in [-0.2, 0) is 4.79 Å². The SMILES string of the molecule is Nn1c(SCC(=O)O)nnc1-c1cscn1. The maximum atomic E-state index is 10.4. The summed E-state index contributed by atoms with van der Waals surface area (Å²) in [7, 11) is 0. The third-order valence-electron chi connectivity index (χ3n) is 1.65. The number of aliphatic carboxylic acids is 1. The first kappa shape index (κ1) is 10.9. The predicted molar refractivity (Wildman–Crippen MR) is 59.6 cm³/mol. The van der Waals surface area contributed by atoms with Gasteiger partial charge in [-0.1, -0.05) is 11.8 Å². The van der Waals surface area contributed by atoms with Crippen molar-refractivity contribution >= 4 is 29.1 Å². The molecule has 2 aromatic heterocycles. The van der Waals surface area contributed by atoms with Crippen LogP contribution in [0.15, 0.2) is 16.0 Å². The first-order chi connectivity index (χ1) is 7.68. The molecule has 0 bridgehead atoms. The van der Waals surface area contributed by atoms with E-state index in [2.05, 4.69) is 15.2 Å². The number of nitrogens with zero attached hydrogens (tertiary/aromatic N) is 4. The summed E-state index contributed by atoms with van der Waals surface area (Å²) in [6.07, 6.45) is 0. The number of nitrogen functional groups attached to an aromatic ring is 1. The Labute approximate surface area is 98.3 Å². The van der Waals surface area contributed by atoms with Crippen molar-refractivity contribution in [1.82, 2.24) is 19.9 Å². The summed E-state index contributed by atoms with van der Waals surface area (Å²) in [5, 5.41) is 18.3. The number of rotatable bonds is 4. The summed E-state index contributed by atoms with van der Waals surface area (Å²) < 4.78 is 1.24. The Morgan fingerprint density at radius 3 is 3.06 bits per heavy atom. The van der Waals surface area contributed by atoms with Crippen LogP contribution in [0.25, 0.3) is 11.5 Å². The van der Waals surface area contributed by atoms with Crippen molar-refractivity contribution in [2.24, 2.45) is 0 Å². The van der Waals surface area contributed by atoms with Gasteiger partial charge in [0.25, 0.3) is 0 Å². The highest BCUT2D eigenvalue weighted by atomic mass is 32.2. The van der Waals surface area contributed by atoms with Crippen LogP contribution >= 0.6 is 23.1 Å². The summed E-state index contributed by atoms with van der Waals surface area (Å²) in [6.45, 7) is 0. The molecule has 0 atom stereocenters. The Kier molecular flexibility index (Phi) is 3.06. The number of hydrogen-bond acceptors (Lipinski definition) is 7. The van der Waals surface area contributed by atoms with Crippen LogP contribution in [-0.4, -0.2) is 36.7 Å². The van der Waals surface area contributed by atoms with E-state index in [4.69, 9.17) is 10.9 Å². The summed E-state index contributed by atoms with van der Waals surface area (Å²) in [5.41, 5.74) is 2.29. The zero-order valence-corrected chi connectivity index (χ0v) is 9.53. The fraction of sp³-hybridized carbons (Fsp3) is 0.143. The van der Waals surface area contributed by atoms with Crippen LogP contribution < -0.4 is 5.84 Å². The van der Waals surface area contributed by atoms with Crippen LogP contribution in [0.3, 0.4) is 0 Å². The van der Waals surface area contributed by atoms with Gasteiger partial charge in [0, 0.05) is 5.38 Å². The Hall–Kier alpha value is -1.61. The number of hydrogen-bond donors (Lipinski definition) is 2. The molecule has 0 amide bonds. The van der Waals surface area contributed by atoms with Gasteiger partial charge in [0.05, 0.1) is 11.3 Å². The van der Waals surface area contributed by atoms with Crippen LogP contribution in [0, 0.1) is 0 Å². The van der Waals surface area contributed by atoms with Crippen molar-refractivity contribution in [3.05, 3.63) is 10.9 Å². The molecule has 0 spiro atoms. The van der Waals surface area contributed by atoms with Crippen molar-refractivity contribution in [1.29, 1.82) is 0 Å². The van der Waals surface area contributed by atoms with Crippen molar-refractivity contribution in [3.63, 3.8) is 0 Å². The van der Waals surface area contributed by atoms with Gasteiger partial charge in [-0.05, 0) is 0 Å². The molecule has 0 saturated heterocycles. The molecule has 0 aliphatic carbocycles. The smallest absolute Gasteiger partial charge is 0.313 e. The van der Waals surface area contributed by atoms with Gasteiger partial charge in [0.1, 0.15) is 5.69 Å². The first-order valence-electron chi connectivity index (χ1n) is 4.12. The Balaban J connectivity index is 2.21. The van der Waals surface area contributed by atoms with Gasteiger partial charge in [0.15, 0.2) is 0 Å². The van der Waals surface area contributed by atoms with E-state index in [9.17, 15) is 4.79 Å². The minimum atomic E-state index is -0.928. The lowest BCUT2D eigenvalue weighted by atomic mass is 10.5. The summed E-state index contributed by atoms with van der Waals surface area (Å²) in [6, 6.07) is 0. The monoisotopic (exact) mass is 257 g/mol. The number of aromatic nitrogens is 4. The van der Waals surface area contributed by atoms with Gasteiger partial charge in [-0.15, -0.1) is 21.5 Å². The number of nitrogens with two attached hydrogens (primary N) is 1. The highest BCUT2D eigenvalue weighted by Crippen LogP contribution is 2.20. The second-order valence-electron chi connectivity index (χ2n) is 2.73. The van der Waals surface area contributed by atoms with E-state index < -0.39 is 5.97 Å². The highest BCUT2D eigenvalue weighted by Gasteiger charge is 2.14. The molecule has 16 heavy (non-hydrogen) atoms. The van der Waals surface area contributed by atoms with Crippen LogP contribution in [0.5, 0.6) is 0 Å². The van der Waals surface area contributed by atoms with Gasteiger partial charge in [-0.3, -0.25) is 4.79 Å². The van der Waals surface area contributed by atoms with E-state index in [1.807, 2.05) is 0 Å². The zero-order chi connectivity index (χ0) is 11.5. The van der Waals surface area contributed by atoms with Crippen LogP contribution in [0.4, 0.5) is 0 Å². The molecule has 0 saturated carbocycles. The first-order valence-corrected chi connectivity index (χ1v) is 6.05. The molecule has 0 aromatic carbocycles. The maximum Gasteiger partial charge on any atom is 0.313 e. The lowest BCUT2D eigenvalue weighted by Gasteiger charge is -1.99. The third-order valence-corrected chi connectivity index (χ3v) is 3.17. The Bertz CT molecular complexity index is 495. The number of carboxylic acid groups (broad SMARTS) is 1. The molecule has 9 heteroatoms. The fourth-order valence-corrected chi connectivity index (χ4v) is 2.11. The number of carbonyl (C=O) groups is 1. The Morgan fingerprint density at radius 2 is 2.44 bits per heavy atom. The highest BCUT2D eigenvalue weighted by molar-refractivity contribution is 7.99. The number of carboxylic acids is 1. The molecule has 0 aliphatic rings. The zero-order valence-electron chi connectivity index (χ0n) is 7.90. The van der Waals surface area contributed by atoms with E-state index in [0.29, 0.717) is 16.7 Å². The third kappa shape index (κ3) is 2.14. The van der Waals surface area contributed by atoms with E-state index in [0.717, 1.165) is 11.8 Å². The molecule has 0 unspecified atom stereocenters. The molecule has 0 aliphatic heterocycles. The quantitative estimate of drug-likeness (QED) is 0.598. The van der Waals surface area contributed by atoms with Gasteiger partial charge in [0.2, 0.25) is 11.0 Å². The summed E-state index contributed by atoms with van der Waals surface area (Å²) >= 11 is 2.44. The molecule has 0 radical (unpaired) electrons. The van der Waals surface area contributed by atoms with Crippen LogP contribution in [0.2, 0.25) is 0 Å². The Morgan fingerprint density at radius 1 is 1.62 bits per heavy atom. The molecule has 2 aromatic rings. The second-order valence-corrected chi connectivity index (χ2v) is 4.39. The van der Waals surface area contributed by atoms with E-state index in [1.165, 1.54) is 16.0 Å². The normalized spacial score (nSPS) is 10.5. The predicted octanol–water partition coefficient (Wildman–Crippen LogP) is 0.292. The van der Waals surface area contributed by atoms with Crippen molar-refractivity contribution in [3.8, 4) is 11.5 Å². The number of thiazole rings is 1. The lowest BCUT2D eigenvalue weighted by Crippen LogP contribution is -2.12. The lowest BCUT2D eigenvalue weighted by molar-refractivity contribution is -0.133. The summed E-state index contributed by atoms with van der Waals surface area (Å²) in [4.78, 5) is 14.4. The molecular weight excluding hydrogens is 250 g/mol. The molecule has 0 fully saturated rings. The minimum absolute atomic E-state index is 0.105. The topological polar surface area (TPSA) is 107 Å². The average molecular weight is 257 g/mol. The van der Waals surface area contributed by atoms with E-state index in [1.54, 1.807) is 10.9 Å². The van der Waals surface area contributed by atoms with E-state index in [-0.39, 0.29) is 5.75 Å². The van der Waals surface area contributed by atoms with Gasteiger partial charge in [-0.2, -0.15) is 0 Å². The molecule has 84 valence electrons. The van der Waals surface area contributed by atoms with Gasteiger partial charge >= 0.3 is 5.97 Å². The van der Waals surface area contributed by atoms with Crippen molar-refractivity contribution < 1.29 is 9.90 Å². The maximum absolute atomic E-state index is 10.4. The van der Waals surface area contributed by atoms with Crippen LogP contribution in [0.1, 0.15) is 0 Å². The molecule has 7 nitrogen and oxygen atoms in total. The largest absolute Gasteiger partial charge is 0.481 e. The molecule has 2 rings (SSSR count). The van der Waals surface area contributed by atoms with Gasteiger partial charge < -0.3 is 10.9 Å². The minimum Gasteiger partial charge on any atom is -0.481 e. The van der Waals surface area contributed by atoms with E-state index >= 15 is 0 Å². The standard InChI is InChI=1S/C7H7N5O2S2/c8-12-6(4-1-15-3-9-4)10-11-7(12)16-2-5(13)14/h1,3H,2,8H2,(H,13,14). The number of thioether (sulfide) groups is 1.